The first kappa shape index (κ1) is 17.4. The third kappa shape index (κ3) is 3.10. The van der Waals surface area contributed by atoms with Crippen LogP contribution in [0.25, 0.3) is 16.9 Å². The van der Waals surface area contributed by atoms with E-state index in [-0.39, 0.29) is 0 Å². The predicted molar refractivity (Wildman–Crippen MR) is 110 cm³/mol. The van der Waals surface area contributed by atoms with Gasteiger partial charge in [-0.25, -0.2) is 4.68 Å². The highest BCUT2D eigenvalue weighted by Crippen LogP contribution is 2.36. The zero-order chi connectivity index (χ0) is 18.3. The Kier molecular flexibility index (Phi) is 4.68. The van der Waals surface area contributed by atoms with Crippen molar-refractivity contribution < 1.29 is 0 Å². The number of anilines is 1. The van der Waals surface area contributed by atoms with Gasteiger partial charge in [0.1, 0.15) is 5.82 Å². The first-order chi connectivity index (χ1) is 12.5. The van der Waals surface area contributed by atoms with Crippen LogP contribution < -0.4 is 5.32 Å². The molecule has 0 fully saturated rings. The molecule has 3 nitrogen and oxygen atoms in total. The molecule has 3 aromatic rings. The molecule has 1 N–H and O–H groups in total. The van der Waals surface area contributed by atoms with Crippen LogP contribution in [0.2, 0.25) is 10.0 Å². The van der Waals surface area contributed by atoms with Crippen LogP contribution in [-0.4, -0.2) is 16.3 Å². The highest BCUT2D eigenvalue weighted by atomic mass is 35.5. The summed E-state index contributed by atoms with van der Waals surface area (Å²) in [6, 6.07) is 12.2. The smallest absolute Gasteiger partial charge is 0.133 e. The summed E-state index contributed by atoms with van der Waals surface area (Å²) in [6.07, 6.45) is 3.30. The molecule has 0 bridgehead atoms. The predicted octanol–water partition coefficient (Wildman–Crippen LogP) is 6.21. The lowest BCUT2D eigenvalue weighted by atomic mass is 10.0. The molecule has 5 heteroatoms. The van der Waals surface area contributed by atoms with Crippen LogP contribution in [0.3, 0.4) is 0 Å². The molecule has 0 radical (unpaired) electrons. The van der Waals surface area contributed by atoms with Gasteiger partial charge in [0, 0.05) is 17.7 Å². The number of nitrogens with one attached hydrogen (secondary N) is 1. The molecule has 1 aromatic heterocycles. The molecule has 0 unspecified atom stereocenters. The van der Waals surface area contributed by atoms with Crippen molar-refractivity contribution in [2.45, 2.75) is 33.1 Å². The second kappa shape index (κ2) is 6.98. The number of aromatic nitrogens is 2. The minimum atomic E-state index is 0.556. The van der Waals surface area contributed by atoms with Crippen molar-refractivity contribution in [3.05, 3.63) is 63.1 Å². The highest BCUT2D eigenvalue weighted by Gasteiger charge is 2.22. The average Bonchev–Trinajstić information content (AvgIpc) is 2.81. The molecule has 0 spiro atoms. The Morgan fingerprint density at radius 1 is 0.962 bits per heavy atom. The Hall–Kier alpha value is -1.97. The molecule has 26 heavy (non-hydrogen) atoms. The van der Waals surface area contributed by atoms with Crippen molar-refractivity contribution in [3.8, 4) is 16.9 Å². The van der Waals surface area contributed by atoms with Crippen molar-refractivity contribution in [3.63, 3.8) is 0 Å². The van der Waals surface area contributed by atoms with Crippen LogP contribution in [0, 0.1) is 13.8 Å². The summed E-state index contributed by atoms with van der Waals surface area (Å²) in [5.74, 6) is 1.09. The van der Waals surface area contributed by atoms with E-state index in [0.717, 1.165) is 48.6 Å². The largest absolute Gasteiger partial charge is 0.370 e. The Balaban J connectivity index is 1.91. The van der Waals surface area contributed by atoms with Crippen molar-refractivity contribution in [2.75, 3.05) is 11.9 Å². The summed E-state index contributed by atoms with van der Waals surface area (Å²) in [7, 11) is 0. The molecule has 0 saturated heterocycles. The summed E-state index contributed by atoms with van der Waals surface area (Å²) in [4.78, 5) is 0. The molecular weight excluding hydrogens is 365 g/mol. The topological polar surface area (TPSA) is 29.9 Å². The number of nitrogens with zero attached hydrogens (tertiary/aromatic N) is 2. The van der Waals surface area contributed by atoms with E-state index in [2.05, 4.69) is 37.4 Å². The minimum absolute atomic E-state index is 0.556. The van der Waals surface area contributed by atoms with Gasteiger partial charge in [-0.3, -0.25) is 0 Å². The second-order valence-corrected chi connectivity index (χ2v) is 7.68. The summed E-state index contributed by atoms with van der Waals surface area (Å²) in [5.41, 5.74) is 6.85. The van der Waals surface area contributed by atoms with Crippen molar-refractivity contribution >= 4 is 29.0 Å². The molecule has 0 atom stereocenters. The van der Waals surface area contributed by atoms with Gasteiger partial charge in [-0.1, -0.05) is 35.3 Å². The molecule has 1 aliphatic rings. The van der Waals surface area contributed by atoms with Gasteiger partial charge in [0.05, 0.1) is 21.4 Å². The van der Waals surface area contributed by atoms with E-state index < -0.39 is 0 Å². The average molecular weight is 386 g/mol. The molecule has 0 aliphatic carbocycles. The standard InChI is InChI=1S/C21H21Cl2N3/c1-13-6-8-16(11-14(13)2)26-21-17(5-3-4-10-24-21)20(25-26)15-7-9-18(22)19(23)12-15/h6-9,11-12,24H,3-5,10H2,1-2H3. The van der Waals surface area contributed by atoms with E-state index in [9.17, 15) is 0 Å². The lowest BCUT2D eigenvalue weighted by molar-refractivity contribution is 0.780. The molecule has 2 heterocycles. The van der Waals surface area contributed by atoms with Gasteiger partial charge in [-0.05, 0) is 68.5 Å². The fourth-order valence-electron chi connectivity index (χ4n) is 3.42. The van der Waals surface area contributed by atoms with E-state index in [4.69, 9.17) is 28.3 Å². The summed E-state index contributed by atoms with van der Waals surface area (Å²) in [5, 5.41) is 9.67. The summed E-state index contributed by atoms with van der Waals surface area (Å²) >= 11 is 12.4. The van der Waals surface area contributed by atoms with Gasteiger partial charge in [0.25, 0.3) is 0 Å². The number of benzene rings is 2. The first-order valence-corrected chi connectivity index (χ1v) is 9.69. The van der Waals surface area contributed by atoms with Gasteiger partial charge in [0.2, 0.25) is 0 Å². The lowest BCUT2D eigenvalue weighted by Gasteiger charge is -2.10. The van der Waals surface area contributed by atoms with Crippen molar-refractivity contribution in [1.82, 2.24) is 9.78 Å². The lowest BCUT2D eigenvalue weighted by Crippen LogP contribution is -2.07. The van der Waals surface area contributed by atoms with Crippen molar-refractivity contribution in [2.24, 2.45) is 0 Å². The second-order valence-electron chi connectivity index (χ2n) is 6.87. The first-order valence-electron chi connectivity index (χ1n) is 8.93. The summed E-state index contributed by atoms with van der Waals surface area (Å²) in [6.45, 7) is 5.22. The van der Waals surface area contributed by atoms with Gasteiger partial charge in [0.15, 0.2) is 0 Å². The Morgan fingerprint density at radius 3 is 2.58 bits per heavy atom. The molecule has 134 valence electrons. The third-order valence-electron chi connectivity index (χ3n) is 5.06. The van der Waals surface area contributed by atoms with Crippen molar-refractivity contribution in [1.29, 1.82) is 0 Å². The number of hydrogen-bond donors (Lipinski definition) is 1. The Labute approximate surface area is 163 Å². The van der Waals surface area contributed by atoms with Gasteiger partial charge < -0.3 is 5.32 Å². The zero-order valence-corrected chi connectivity index (χ0v) is 16.5. The molecule has 4 rings (SSSR count). The summed E-state index contributed by atoms with van der Waals surface area (Å²) < 4.78 is 2.03. The fraction of sp³-hybridized carbons (Fsp3) is 0.286. The minimum Gasteiger partial charge on any atom is -0.370 e. The van der Waals surface area contributed by atoms with Gasteiger partial charge in [-0.2, -0.15) is 5.10 Å². The molecule has 2 aromatic carbocycles. The maximum atomic E-state index is 6.26. The zero-order valence-electron chi connectivity index (χ0n) is 14.9. The third-order valence-corrected chi connectivity index (χ3v) is 5.80. The van der Waals surface area contributed by atoms with Crippen LogP contribution in [0.15, 0.2) is 36.4 Å². The fourth-order valence-corrected chi connectivity index (χ4v) is 3.72. The van der Waals surface area contributed by atoms with E-state index in [1.54, 1.807) is 0 Å². The number of hydrogen-bond acceptors (Lipinski definition) is 2. The number of fused-ring (bicyclic) bond motifs is 1. The van der Waals surface area contributed by atoms with Gasteiger partial charge >= 0.3 is 0 Å². The van der Waals surface area contributed by atoms with E-state index in [1.165, 1.54) is 16.7 Å². The monoisotopic (exact) mass is 385 g/mol. The maximum absolute atomic E-state index is 6.26. The number of aryl methyl sites for hydroxylation is 2. The molecule has 1 aliphatic heterocycles. The van der Waals surface area contributed by atoms with Crippen LogP contribution in [-0.2, 0) is 6.42 Å². The van der Waals surface area contributed by atoms with E-state index in [1.807, 2.05) is 22.9 Å². The number of halogens is 2. The SMILES string of the molecule is Cc1ccc(-n2nc(-c3ccc(Cl)c(Cl)c3)c3c2NCCCC3)cc1C. The molecular formula is C21H21Cl2N3. The van der Waals surface area contributed by atoms with Gasteiger partial charge in [-0.15, -0.1) is 0 Å². The molecule has 0 amide bonds. The Morgan fingerprint density at radius 2 is 1.81 bits per heavy atom. The number of rotatable bonds is 2. The van der Waals surface area contributed by atoms with E-state index >= 15 is 0 Å². The normalized spacial score (nSPS) is 13.8. The Bertz CT molecular complexity index is 900. The molecule has 0 saturated carbocycles. The van der Waals surface area contributed by atoms with Crippen LogP contribution in [0.4, 0.5) is 5.82 Å². The van der Waals surface area contributed by atoms with E-state index in [0.29, 0.717) is 10.0 Å². The quantitative estimate of drug-likeness (QED) is 0.567. The van der Waals surface area contributed by atoms with Crippen LogP contribution >= 0.6 is 23.2 Å². The maximum Gasteiger partial charge on any atom is 0.133 e. The van der Waals surface area contributed by atoms with Crippen LogP contribution in [0.5, 0.6) is 0 Å². The highest BCUT2D eigenvalue weighted by molar-refractivity contribution is 6.42. The van der Waals surface area contributed by atoms with Crippen LogP contribution in [0.1, 0.15) is 29.5 Å².